The van der Waals surface area contributed by atoms with Gasteiger partial charge in [-0.05, 0) is 43.0 Å². The van der Waals surface area contributed by atoms with Crippen LogP contribution in [0.15, 0.2) is 29.2 Å². The van der Waals surface area contributed by atoms with Gasteiger partial charge in [-0.15, -0.1) is 0 Å². The van der Waals surface area contributed by atoms with Crippen molar-refractivity contribution in [1.29, 1.82) is 0 Å². The average Bonchev–Trinajstić information content (AvgIpc) is 2.43. The van der Waals surface area contributed by atoms with Crippen molar-refractivity contribution >= 4 is 37.7 Å². The second-order valence-electron chi connectivity index (χ2n) is 4.43. The molecule has 1 unspecified atom stereocenters. The van der Waals surface area contributed by atoms with E-state index in [1.807, 2.05) is 25.3 Å². The Balaban J connectivity index is 2.89. The van der Waals surface area contributed by atoms with E-state index < -0.39 is 10.0 Å². The van der Waals surface area contributed by atoms with Crippen molar-refractivity contribution in [3.05, 3.63) is 29.8 Å². The monoisotopic (exact) mass is 365 g/mol. The number of benzene rings is 1. The van der Waals surface area contributed by atoms with Crippen LogP contribution in [0.2, 0.25) is 0 Å². The summed E-state index contributed by atoms with van der Waals surface area (Å²) in [4.78, 5) is 0.357. The number of hydrogen-bond donors (Lipinski definition) is 0. The largest absolute Gasteiger partial charge is 0.243 e. The summed E-state index contributed by atoms with van der Waals surface area (Å²) >= 11 is 5.08. The number of thioether (sulfide) groups is 1. The van der Waals surface area contributed by atoms with E-state index in [0.717, 1.165) is 23.1 Å². The van der Waals surface area contributed by atoms with Gasteiger partial charge in [-0.1, -0.05) is 28.1 Å². The third-order valence-corrected chi connectivity index (χ3v) is 6.39. The van der Waals surface area contributed by atoms with Gasteiger partial charge in [0, 0.05) is 18.4 Å². The Kier molecular flexibility index (Phi) is 6.86. The van der Waals surface area contributed by atoms with Gasteiger partial charge in [-0.2, -0.15) is 16.1 Å². The van der Waals surface area contributed by atoms with Gasteiger partial charge in [0.1, 0.15) is 0 Å². The van der Waals surface area contributed by atoms with Gasteiger partial charge in [0.25, 0.3) is 0 Å². The molecule has 0 fully saturated rings. The summed E-state index contributed by atoms with van der Waals surface area (Å²) in [5.41, 5.74) is 1.07. The van der Waals surface area contributed by atoms with E-state index in [1.54, 1.807) is 30.9 Å². The summed E-state index contributed by atoms with van der Waals surface area (Å²) in [7, 11) is -1.73. The molecule has 0 N–H and O–H groups in total. The fourth-order valence-electron chi connectivity index (χ4n) is 1.62. The Morgan fingerprint density at radius 2 is 1.89 bits per heavy atom. The molecule has 0 spiro atoms. The number of alkyl halides is 1. The lowest BCUT2D eigenvalue weighted by molar-refractivity contribution is 0.382. The number of sulfonamides is 1. The lowest BCUT2D eigenvalue weighted by Crippen LogP contribution is -2.35. The van der Waals surface area contributed by atoms with E-state index in [4.69, 9.17) is 0 Å². The van der Waals surface area contributed by atoms with E-state index >= 15 is 0 Å². The van der Waals surface area contributed by atoms with Gasteiger partial charge in [-0.3, -0.25) is 0 Å². The van der Waals surface area contributed by atoms with Gasteiger partial charge < -0.3 is 0 Å². The standard InChI is InChI=1S/C13H20BrNO2S2/c1-11(8-9-18-3)15(2)19(16,17)13-6-4-12(10-14)5-7-13/h4-7,11H,8-10H2,1-3H3. The van der Waals surface area contributed by atoms with Crippen molar-refractivity contribution in [2.24, 2.45) is 0 Å². The van der Waals surface area contributed by atoms with Gasteiger partial charge in [-0.25, -0.2) is 8.42 Å². The van der Waals surface area contributed by atoms with Crippen LogP contribution >= 0.6 is 27.7 Å². The highest BCUT2D eigenvalue weighted by Gasteiger charge is 2.24. The maximum Gasteiger partial charge on any atom is 0.243 e. The van der Waals surface area contributed by atoms with Crippen molar-refractivity contribution in [2.75, 3.05) is 19.1 Å². The summed E-state index contributed by atoms with van der Waals surface area (Å²) in [5.74, 6) is 0.962. The maximum absolute atomic E-state index is 12.4. The smallest absolute Gasteiger partial charge is 0.207 e. The molecule has 0 aliphatic rings. The van der Waals surface area contributed by atoms with Crippen LogP contribution in [0.25, 0.3) is 0 Å². The van der Waals surface area contributed by atoms with Crippen molar-refractivity contribution in [2.45, 2.75) is 29.6 Å². The number of nitrogens with zero attached hydrogens (tertiary/aromatic N) is 1. The Morgan fingerprint density at radius 1 is 1.32 bits per heavy atom. The lowest BCUT2D eigenvalue weighted by atomic mass is 10.2. The van der Waals surface area contributed by atoms with Crippen LogP contribution in [0, 0.1) is 0 Å². The van der Waals surface area contributed by atoms with Crippen LogP contribution in [0.3, 0.4) is 0 Å². The topological polar surface area (TPSA) is 37.4 Å². The highest BCUT2D eigenvalue weighted by atomic mass is 79.9. The first kappa shape index (κ1) is 17.0. The molecule has 1 rings (SSSR count). The van der Waals surface area contributed by atoms with Crippen LogP contribution in [-0.4, -0.2) is 37.8 Å². The van der Waals surface area contributed by atoms with E-state index in [2.05, 4.69) is 15.9 Å². The fraction of sp³-hybridized carbons (Fsp3) is 0.538. The van der Waals surface area contributed by atoms with Gasteiger partial charge in [0.2, 0.25) is 10.0 Å². The first-order valence-corrected chi connectivity index (χ1v) is 10.0. The van der Waals surface area contributed by atoms with Crippen molar-refractivity contribution in [1.82, 2.24) is 4.31 Å². The molecule has 6 heteroatoms. The summed E-state index contributed by atoms with van der Waals surface area (Å²) in [6.07, 6.45) is 2.89. The number of hydrogen-bond acceptors (Lipinski definition) is 3. The van der Waals surface area contributed by atoms with Crippen LogP contribution in [0.5, 0.6) is 0 Å². The predicted octanol–water partition coefficient (Wildman–Crippen LogP) is 3.34. The molecule has 3 nitrogen and oxygen atoms in total. The highest BCUT2D eigenvalue weighted by molar-refractivity contribution is 9.08. The maximum atomic E-state index is 12.4. The fourth-order valence-corrected chi connectivity index (χ4v) is 3.97. The van der Waals surface area contributed by atoms with Crippen molar-refractivity contribution < 1.29 is 8.42 Å². The molecule has 0 aliphatic carbocycles. The van der Waals surface area contributed by atoms with Crippen molar-refractivity contribution in [3.8, 4) is 0 Å². The number of rotatable bonds is 7. The molecular formula is C13H20BrNO2S2. The lowest BCUT2D eigenvalue weighted by Gasteiger charge is -2.24. The van der Waals surface area contributed by atoms with Crippen molar-refractivity contribution in [3.63, 3.8) is 0 Å². The Bertz CT molecular complexity index is 488. The molecule has 0 saturated heterocycles. The first-order chi connectivity index (χ1) is 8.93. The van der Waals surface area contributed by atoms with E-state index in [1.165, 1.54) is 4.31 Å². The Hall–Kier alpha value is -0.0400. The molecule has 1 atom stereocenters. The summed E-state index contributed by atoms with van der Waals surface area (Å²) in [6.45, 7) is 1.95. The normalized spacial score (nSPS) is 13.7. The van der Waals surface area contributed by atoms with Gasteiger partial charge in [0.15, 0.2) is 0 Å². The minimum atomic E-state index is -3.38. The molecule has 0 bridgehead atoms. The predicted molar refractivity (Wildman–Crippen MR) is 86.5 cm³/mol. The second kappa shape index (κ2) is 7.67. The molecule has 0 saturated carbocycles. The molecule has 19 heavy (non-hydrogen) atoms. The zero-order chi connectivity index (χ0) is 14.5. The highest BCUT2D eigenvalue weighted by Crippen LogP contribution is 2.19. The van der Waals surface area contributed by atoms with Crippen LogP contribution in [0.1, 0.15) is 18.9 Å². The van der Waals surface area contributed by atoms with Gasteiger partial charge in [0.05, 0.1) is 4.90 Å². The van der Waals surface area contributed by atoms with Crippen LogP contribution in [-0.2, 0) is 15.4 Å². The summed E-state index contributed by atoms with van der Waals surface area (Å²) in [6, 6.07) is 7.02. The van der Waals surface area contributed by atoms with E-state index in [-0.39, 0.29) is 6.04 Å². The molecule has 0 amide bonds. The molecule has 1 aromatic carbocycles. The summed E-state index contributed by atoms with van der Waals surface area (Å²) in [5, 5.41) is 0.729. The van der Waals surface area contributed by atoms with E-state index in [0.29, 0.717) is 4.90 Å². The van der Waals surface area contributed by atoms with Crippen LogP contribution in [0.4, 0.5) is 0 Å². The molecular weight excluding hydrogens is 346 g/mol. The summed E-state index contributed by atoms with van der Waals surface area (Å²) < 4.78 is 26.4. The third-order valence-electron chi connectivity index (χ3n) is 3.12. The molecule has 0 heterocycles. The Morgan fingerprint density at radius 3 is 2.37 bits per heavy atom. The molecule has 0 radical (unpaired) electrons. The zero-order valence-electron chi connectivity index (χ0n) is 11.5. The SMILES string of the molecule is CSCCC(C)N(C)S(=O)(=O)c1ccc(CBr)cc1. The van der Waals surface area contributed by atoms with Gasteiger partial charge >= 0.3 is 0 Å². The zero-order valence-corrected chi connectivity index (χ0v) is 14.7. The number of halogens is 1. The second-order valence-corrected chi connectivity index (χ2v) is 7.97. The van der Waals surface area contributed by atoms with E-state index in [9.17, 15) is 8.42 Å². The molecule has 1 aromatic rings. The van der Waals surface area contributed by atoms with Crippen LogP contribution < -0.4 is 0 Å². The quantitative estimate of drug-likeness (QED) is 0.695. The average molecular weight is 366 g/mol. The third kappa shape index (κ3) is 4.48. The molecule has 108 valence electrons. The molecule has 0 aromatic heterocycles. The molecule has 0 aliphatic heterocycles. The first-order valence-electron chi connectivity index (χ1n) is 6.05. The Labute approximate surface area is 128 Å². The minimum absolute atomic E-state index is 0.00769. The minimum Gasteiger partial charge on any atom is -0.207 e.